The van der Waals surface area contributed by atoms with Crippen LogP contribution in [0.1, 0.15) is 49.8 Å². The van der Waals surface area contributed by atoms with Crippen molar-refractivity contribution in [2.24, 2.45) is 0 Å². The molecule has 0 unspecified atom stereocenters. The highest BCUT2D eigenvalue weighted by Gasteiger charge is 2.27. The third-order valence-electron chi connectivity index (χ3n) is 5.04. The molecule has 0 aromatic heterocycles. The monoisotopic (exact) mass is 400 g/mol. The molecule has 1 fully saturated rings. The van der Waals surface area contributed by atoms with Crippen LogP contribution < -0.4 is 10.0 Å². The summed E-state index contributed by atoms with van der Waals surface area (Å²) in [5.41, 5.74) is 4.17. The Labute approximate surface area is 167 Å². The van der Waals surface area contributed by atoms with Gasteiger partial charge in [0.2, 0.25) is 15.9 Å². The highest BCUT2D eigenvalue weighted by Crippen LogP contribution is 2.24. The van der Waals surface area contributed by atoms with Crippen LogP contribution in [0.15, 0.2) is 47.4 Å². The van der Waals surface area contributed by atoms with E-state index in [4.69, 9.17) is 0 Å². The molecule has 3 rings (SSSR count). The van der Waals surface area contributed by atoms with Gasteiger partial charge in [0.25, 0.3) is 0 Å². The number of carbonyl (C=O) groups excluding carboxylic acids is 1. The molecule has 150 valence electrons. The quantitative estimate of drug-likeness (QED) is 0.672. The van der Waals surface area contributed by atoms with Crippen LogP contribution in [-0.4, -0.2) is 20.4 Å². The Morgan fingerprint density at radius 3 is 2.14 bits per heavy atom. The molecule has 0 heterocycles. The van der Waals surface area contributed by atoms with Crippen molar-refractivity contribution in [3.63, 3.8) is 0 Å². The van der Waals surface area contributed by atoms with E-state index in [1.807, 2.05) is 18.2 Å². The summed E-state index contributed by atoms with van der Waals surface area (Å²) in [6.45, 7) is 4.16. The highest BCUT2D eigenvalue weighted by molar-refractivity contribution is 7.89. The topological polar surface area (TPSA) is 75.3 Å². The van der Waals surface area contributed by atoms with E-state index in [0.717, 1.165) is 48.1 Å². The molecule has 28 heavy (non-hydrogen) atoms. The fourth-order valence-electron chi connectivity index (χ4n) is 3.19. The van der Waals surface area contributed by atoms with Crippen molar-refractivity contribution in [1.29, 1.82) is 0 Å². The van der Waals surface area contributed by atoms with Crippen LogP contribution in [0, 0.1) is 0 Å². The first kappa shape index (κ1) is 20.6. The third-order valence-corrected chi connectivity index (χ3v) is 6.57. The molecule has 0 radical (unpaired) electrons. The highest BCUT2D eigenvalue weighted by atomic mass is 32.2. The minimum Gasteiger partial charge on any atom is -0.326 e. The SMILES string of the molecule is CCc1cccc(CC)c1NC(=O)CCc1ccc(S(=O)(=O)NC2CC2)cc1. The predicted octanol–water partition coefficient (Wildman–Crippen LogP) is 3.82. The first-order valence-corrected chi connectivity index (χ1v) is 11.4. The van der Waals surface area contributed by atoms with Crippen molar-refractivity contribution >= 4 is 21.6 Å². The van der Waals surface area contributed by atoms with Crippen LogP contribution in [0.2, 0.25) is 0 Å². The van der Waals surface area contributed by atoms with Gasteiger partial charge in [-0.25, -0.2) is 13.1 Å². The predicted molar refractivity (Wildman–Crippen MR) is 112 cm³/mol. The molecule has 2 aromatic rings. The van der Waals surface area contributed by atoms with Gasteiger partial charge in [0.05, 0.1) is 4.90 Å². The van der Waals surface area contributed by atoms with E-state index < -0.39 is 10.0 Å². The van der Waals surface area contributed by atoms with Gasteiger partial charge in [0, 0.05) is 18.2 Å². The maximum Gasteiger partial charge on any atom is 0.240 e. The summed E-state index contributed by atoms with van der Waals surface area (Å²) < 4.78 is 27.1. The summed E-state index contributed by atoms with van der Waals surface area (Å²) in [5.74, 6) is -0.0253. The van der Waals surface area contributed by atoms with Crippen molar-refractivity contribution in [2.75, 3.05) is 5.32 Å². The molecule has 6 heteroatoms. The van der Waals surface area contributed by atoms with Gasteiger partial charge in [-0.05, 0) is 60.9 Å². The smallest absolute Gasteiger partial charge is 0.240 e. The Bertz CT molecular complexity index is 911. The number of sulfonamides is 1. The molecule has 0 spiro atoms. The molecule has 5 nitrogen and oxygen atoms in total. The Hall–Kier alpha value is -2.18. The first-order chi connectivity index (χ1) is 13.4. The molecule has 1 aliphatic rings. The number of anilines is 1. The fraction of sp³-hybridized carbons (Fsp3) is 0.409. The maximum atomic E-state index is 12.5. The minimum absolute atomic E-state index is 0.0253. The number of benzene rings is 2. The Morgan fingerprint density at radius 1 is 1.00 bits per heavy atom. The summed E-state index contributed by atoms with van der Waals surface area (Å²) in [5, 5.41) is 3.07. The van der Waals surface area contributed by atoms with E-state index in [9.17, 15) is 13.2 Å². The van der Waals surface area contributed by atoms with Crippen molar-refractivity contribution in [1.82, 2.24) is 4.72 Å². The van der Waals surface area contributed by atoms with Crippen LogP contribution in [-0.2, 0) is 34.1 Å². The normalized spacial score (nSPS) is 14.1. The molecule has 1 amide bonds. The standard InChI is InChI=1S/C22H28N2O3S/c1-3-17-6-5-7-18(4-2)22(17)23-21(25)15-10-16-8-13-20(14-9-16)28(26,27)24-19-11-12-19/h5-9,13-14,19,24H,3-4,10-12,15H2,1-2H3,(H,23,25). The van der Waals surface area contributed by atoms with Crippen LogP contribution in [0.5, 0.6) is 0 Å². The summed E-state index contributed by atoms with van der Waals surface area (Å²) in [6.07, 6.45) is 4.48. The number of carbonyl (C=O) groups is 1. The number of hydrogen-bond acceptors (Lipinski definition) is 3. The molecule has 1 aliphatic carbocycles. The van der Waals surface area contributed by atoms with Crippen LogP contribution >= 0.6 is 0 Å². The van der Waals surface area contributed by atoms with E-state index in [-0.39, 0.29) is 16.8 Å². The molecule has 0 saturated heterocycles. The van der Waals surface area contributed by atoms with Gasteiger partial charge in [0.1, 0.15) is 0 Å². The maximum absolute atomic E-state index is 12.5. The molecule has 2 N–H and O–H groups in total. The van der Waals surface area contributed by atoms with E-state index in [0.29, 0.717) is 12.8 Å². The van der Waals surface area contributed by atoms with E-state index in [2.05, 4.69) is 23.9 Å². The summed E-state index contributed by atoms with van der Waals surface area (Å²) in [7, 11) is -3.43. The third kappa shape index (κ3) is 5.20. The van der Waals surface area contributed by atoms with Gasteiger partial charge < -0.3 is 5.32 Å². The zero-order chi connectivity index (χ0) is 20.1. The lowest BCUT2D eigenvalue weighted by molar-refractivity contribution is -0.116. The van der Waals surface area contributed by atoms with Crippen LogP contribution in [0.4, 0.5) is 5.69 Å². The van der Waals surface area contributed by atoms with Gasteiger partial charge in [0.15, 0.2) is 0 Å². The van der Waals surface area contributed by atoms with Crippen molar-refractivity contribution in [3.8, 4) is 0 Å². The molecule has 0 atom stereocenters. The minimum atomic E-state index is -3.43. The van der Waals surface area contributed by atoms with Crippen LogP contribution in [0.25, 0.3) is 0 Å². The van der Waals surface area contributed by atoms with E-state index in [1.54, 1.807) is 24.3 Å². The lowest BCUT2D eigenvalue weighted by Crippen LogP contribution is -2.25. The Morgan fingerprint density at radius 2 is 1.61 bits per heavy atom. The summed E-state index contributed by atoms with van der Waals surface area (Å²) in [6, 6.07) is 13.0. The van der Waals surface area contributed by atoms with Gasteiger partial charge in [-0.15, -0.1) is 0 Å². The zero-order valence-electron chi connectivity index (χ0n) is 16.5. The van der Waals surface area contributed by atoms with E-state index in [1.165, 1.54) is 0 Å². The average molecular weight is 401 g/mol. The van der Waals surface area contributed by atoms with Gasteiger partial charge >= 0.3 is 0 Å². The number of aryl methyl sites for hydroxylation is 3. The summed E-state index contributed by atoms with van der Waals surface area (Å²) >= 11 is 0. The molecular weight excluding hydrogens is 372 g/mol. The zero-order valence-corrected chi connectivity index (χ0v) is 17.3. The molecule has 2 aromatic carbocycles. The Kier molecular flexibility index (Phi) is 6.52. The lowest BCUT2D eigenvalue weighted by Gasteiger charge is -2.14. The number of amides is 1. The number of para-hydroxylation sites is 1. The van der Waals surface area contributed by atoms with Crippen LogP contribution in [0.3, 0.4) is 0 Å². The van der Waals surface area contributed by atoms with Gasteiger partial charge in [-0.3, -0.25) is 4.79 Å². The number of nitrogens with one attached hydrogen (secondary N) is 2. The van der Waals surface area contributed by atoms with E-state index >= 15 is 0 Å². The number of rotatable bonds is 9. The van der Waals surface area contributed by atoms with Crippen molar-refractivity contribution in [3.05, 3.63) is 59.2 Å². The first-order valence-electron chi connectivity index (χ1n) is 9.94. The largest absolute Gasteiger partial charge is 0.326 e. The average Bonchev–Trinajstić information content (AvgIpc) is 3.50. The second-order valence-electron chi connectivity index (χ2n) is 7.25. The second-order valence-corrected chi connectivity index (χ2v) is 8.96. The van der Waals surface area contributed by atoms with Crippen molar-refractivity contribution < 1.29 is 13.2 Å². The fourth-order valence-corrected chi connectivity index (χ4v) is 4.49. The molecule has 1 saturated carbocycles. The lowest BCUT2D eigenvalue weighted by atomic mass is 10.0. The number of hydrogen-bond donors (Lipinski definition) is 2. The van der Waals surface area contributed by atoms with Gasteiger partial charge in [-0.1, -0.05) is 44.2 Å². The molecule has 0 bridgehead atoms. The molecular formula is C22H28N2O3S. The Balaban J connectivity index is 1.59. The van der Waals surface area contributed by atoms with Gasteiger partial charge in [-0.2, -0.15) is 0 Å². The molecule has 0 aliphatic heterocycles. The summed E-state index contributed by atoms with van der Waals surface area (Å²) in [4.78, 5) is 12.7. The second kappa shape index (κ2) is 8.88. The van der Waals surface area contributed by atoms with Crippen molar-refractivity contribution in [2.45, 2.75) is 63.3 Å².